The molecule has 6 nitrogen and oxygen atoms in total. The number of thioether (sulfide) groups is 1. The molecule has 1 saturated heterocycles. The number of nitrogens with zero attached hydrogens (tertiary/aromatic N) is 4. The van der Waals surface area contributed by atoms with Crippen LogP contribution in [-0.2, 0) is 12.7 Å². The van der Waals surface area contributed by atoms with Crippen LogP contribution in [0.1, 0.15) is 35.7 Å². The zero-order valence-corrected chi connectivity index (χ0v) is 19.7. The second-order valence-corrected chi connectivity index (χ2v) is 9.94. The Hall–Kier alpha value is -2.85. The highest BCUT2D eigenvalue weighted by molar-refractivity contribution is 8.00. The molecule has 0 N–H and O–H groups in total. The van der Waals surface area contributed by atoms with Crippen molar-refractivity contribution in [2.45, 2.75) is 36.7 Å². The highest BCUT2D eigenvalue weighted by atomic mass is 32.2. The first-order valence-electron chi connectivity index (χ1n) is 11.0. The van der Waals surface area contributed by atoms with Gasteiger partial charge in [-0.05, 0) is 24.3 Å². The number of hydrogen-bond donors (Lipinski definition) is 0. The molecule has 1 fully saturated rings. The van der Waals surface area contributed by atoms with Gasteiger partial charge in [-0.2, -0.15) is 18.2 Å². The highest BCUT2D eigenvalue weighted by Crippen LogP contribution is 2.31. The van der Waals surface area contributed by atoms with Crippen LogP contribution in [0.2, 0.25) is 0 Å². The lowest BCUT2D eigenvalue weighted by Crippen LogP contribution is -2.48. The summed E-state index contributed by atoms with van der Waals surface area (Å²) < 4.78 is 44.2. The molecule has 0 radical (unpaired) electrons. The number of piperazine rings is 1. The molecule has 1 aliphatic heterocycles. The molecule has 10 heteroatoms. The molecular weight excluding hydrogens is 465 g/mol. The van der Waals surface area contributed by atoms with Crippen LogP contribution in [0, 0.1) is 0 Å². The molecule has 1 amide bonds. The fourth-order valence-corrected chi connectivity index (χ4v) is 4.69. The van der Waals surface area contributed by atoms with Gasteiger partial charge in [0.05, 0.1) is 17.7 Å². The molecule has 34 heavy (non-hydrogen) atoms. The van der Waals surface area contributed by atoms with E-state index in [1.165, 1.54) is 12.1 Å². The summed E-state index contributed by atoms with van der Waals surface area (Å²) in [6.45, 7) is 6.95. The summed E-state index contributed by atoms with van der Waals surface area (Å²) in [6.07, 6.45) is -4.44. The summed E-state index contributed by atoms with van der Waals surface area (Å²) in [4.78, 5) is 22.3. The molecule has 2 heterocycles. The first-order valence-corrected chi connectivity index (χ1v) is 11.9. The van der Waals surface area contributed by atoms with Gasteiger partial charge in [0, 0.05) is 41.9 Å². The van der Waals surface area contributed by atoms with E-state index in [2.05, 4.69) is 28.9 Å². The minimum atomic E-state index is -4.44. The van der Waals surface area contributed by atoms with Crippen molar-refractivity contribution in [2.24, 2.45) is 0 Å². The Labute approximate surface area is 200 Å². The standard InChI is InChI=1S/C24H25F3N4O2S/c1-16(2)34-20-9-4-3-8-19(20)23(32)31-12-10-30(11-13-31)15-21-28-22(29-33-21)17-6-5-7-18(14-17)24(25,26)27/h3-9,14,16H,10-13,15H2,1-2H3. The molecule has 0 unspecified atom stereocenters. The number of benzene rings is 2. The highest BCUT2D eigenvalue weighted by Gasteiger charge is 2.31. The van der Waals surface area contributed by atoms with Gasteiger partial charge in [0.25, 0.3) is 5.91 Å². The molecule has 0 atom stereocenters. The summed E-state index contributed by atoms with van der Waals surface area (Å²) in [6, 6.07) is 12.5. The maximum atomic E-state index is 13.1. The molecule has 0 spiro atoms. The molecule has 1 aromatic heterocycles. The number of alkyl halides is 3. The summed E-state index contributed by atoms with van der Waals surface area (Å²) >= 11 is 1.67. The van der Waals surface area contributed by atoms with Gasteiger partial charge in [0.2, 0.25) is 11.7 Å². The zero-order chi connectivity index (χ0) is 24.3. The lowest BCUT2D eigenvalue weighted by Gasteiger charge is -2.34. The number of rotatable bonds is 6. The lowest BCUT2D eigenvalue weighted by atomic mass is 10.1. The van der Waals surface area contributed by atoms with E-state index in [9.17, 15) is 18.0 Å². The van der Waals surface area contributed by atoms with Gasteiger partial charge in [0.1, 0.15) is 0 Å². The van der Waals surface area contributed by atoms with Crippen LogP contribution in [0.3, 0.4) is 0 Å². The van der Waals surface area contributed by atoms with Gasteiger partial charge in [-0.3, -0.25) is 9.69 Å². The molecule has 3 aromatic rings. The number of carbonyl (C=O) groups excluding carboxylic acids is 1. The van der Waals surface area contributed by atoms with Gasteiger partial charge < -0.3 is 9.42 Å². The fourth-order valence-electron chi connectivity index (χ4n) is 3.74. The molecule has 180 valence electrons. The average Bonchev–Trinajstić information content (AvgIpc) is 3.27. The van der Waals surface area contributed by atoms with Crippen molar-refractivity contribution in [1.29, 1.82) is 0 Å². The summed E-state index contributed by atoms with van der Waals surface area (Å²) in [5, 5.41) is 4.22. The minimum absolute atomic E-state index is 0.0213. The van der Waals surface area contributed by atoms with Gasteiger partial charge >= 0.3 is 6.18 Å². The summed E-state index contributed by atoms with van der Waals surface area (Å²) in [5.74, 6) is 0.466. The fraction of sp³-hybridized carbons (Fsp3) is 0.375. The van der Waals surface area contributed by atoms with Gasteiger partial charge in [0.15, 0.2) is 0 Å². The molecular formula is C24H25F3N4O2S. The molecule has 0 aliphatic carbocycles. The zero-order valence-electron chi connectivity index (χ0n) is 18.9. The van der Waals surface area contributed by atoms with E-state index >= 15 is 0 Å². The van der Waals surface area contributed by atoms with Gasteiger partial charge in [-0.15, -0.1) is 11.8 Å². The van der Waals surface area contributed by atoms with Gasteiger partial charge in [-0.25, -0.2) is 0 Å². The molecule has 1 aliphatic rings. The Morgan fingerprint density at radius 3 is 2.53 bits per heavy atom. The van der Waals surface area contributed by atoms with E-state index in [-0.39, 0.29) is 17.3 Å². The predicted molar refractivity (Wildman–Crippen MR) is 123 cm³/mol. The number of halogens is 3. The molecule has 4 rings (SSSR count). The van der Waals surface area contributed by atoms with Crippen molar-refractivity contribution in [3.8, 4) is 11.4 Å². The van der Waals surface area contributed by atoms with E-state index in [4.69, 9.17) is 4.52 Å². The van der Waals surface area contributed by atoms with Crippen LogP contribution >= 0.6 is 11.8 Å². The van der Waals surface area contributed by atoms with E-state index in [0.717, 1.165) is 22.6 Å². The molecule has 0 bridgehead atoms. The number of amides is 1. The third-order valence-electron chi connectivity index (χ3n) is 5.41. The first-order chi connectivity index (χ1) is 16.2. The minimum Gasteiger partial charge on any atom is -0.338 e. The van der Waals surface area contributed by atoms with Crippen LogP contribution in [0.15, 0.2) is 57.9 Å². The van der Waals surface area contributed by atoms with Gasteiger partial charge in [-0.1, -0.05) is 43.3 Å². The Kier molecular flexibility index (Phi) is 7.27. The Balaban J connectivity index is 1.36. The maximum Gasteiger partial charge on any atom is 0.416 e. The second kappa shape index (κ2) is 10.2. The topological polar surface area (TPSA) is 62.5 Å². The van der Waals surface area contributed by atoms with Crippen LogP contribution in [0.4, 0.5) is 13.2 Å². The molecule has 2 aromatic carbocycles. The Bertz CT molecular complexity index is 1140. The van der Waals surface area contributed by atoms with E-state index in [0.29, 0.717) is 43.9 Å². The van der Waals surface area contributed by atoms with Crippen LogP contribution in [-0.4, -0.2) is 57.3 Å². The first kappa shape index (κ1) is 24.3. The predicted octanol–water partition coefficient (Wildman–Crippen LogP) is 5.21. The Morgan fingerprint density at radius 2 is 1.82 bits per heavy atom. The van der Waals surface area contributed by atoms with Crippen molar-refractivity contribution >= 4 is 17.7 Å². The van der Waals surface area contributed by atoms with Crippen molar-refractivity contribution in [2.75, 3.05) is 26.2 Å². The van der Waals surface area contributed by atoms with Crippen molar-refractivity contribution in [1.82, 2.24) is 19.9 Å². The normalized spacial score (nSPS) is 15.2. The SMILES string of the molecule is CC(C)Sc1ccccc1C(=O)N1CCN(Cc2nc(-c3cccc(C(F)(F)F)c3)no2)CC1. The Morgan fingerprint density at radius 1 is 1.09 bits per heavy atom. The monoisotopic (exact) mass is 490 g/mol. The summed E-state index contributed by atoms with van der Waals surface area (Å²) in [7, 11) is 0. The van der Waals surface area contributed by atoms with E-state index < -0.39 is 11.7 Å². The van der Waals surface area contributed by atoms with E-state index in [1.807, 2.05) is 29.2 Å². The molecule has 0 saturated carbocycles. The smallest absolute Gasteiger partial charge is 0.338 e. The third kappa shape index (κ3) is 5.79. The number of hydrogen-bond acceptors (Lipinski definition) is 6. The largest absolute Gasteiger partial charge is 0.416 e. The maximum absolute atomic E-state index is 13.1. The lowest BCUT2D eigenvalue weighted by molar-refractivity contribution is -0.137. The van der Waals surface area contributed by atoms with Crippen molar-refractivity contribution < 1.29 is 22.5 Å². The quantitative estimate of drug-likeness (QED) is 0.442. The van der Waals surface area contributed by atoms with Crippen LogP contribution in [0.25, 0.3) is 11.4 Å². The number of carbonyl (C=O) groups is 1. The van der Waals surface area contributed by atoms with Crippen molar-refractivity contribution in [3.05, 3.63) is 65.5 Å². The summed E-state index contributed by atoms with van der Waals surface area (Å²) in [5.41, 5.74) is 0.209. The third-order valence-corrected chi connectivity index (χ3v) is 6.50. The second-order valence-electron chi connectivity index (χ2n) is 8.32. The van der Waals surface area contributed by atoms with Crippen LogP contribution < -0.4 is 0 Å². The van der Waals surface area contributed by atoms with E-state index in [1.54, 1.807) is 11.8 Å². The number of aromatic nitrogens is 2. The van der Waals surface area contributed by atoms with Crippen molar-refractivity contribution in [3.63, 3.8) is 0 Å². The average molecular weight is 491 g/mol. The van der Waals surface area contributed by atoms with Crippen LogP contribution in [0.5, 0.6) is 0 Å².